The van der Waals surface area contributed by atoms with Gasteiger partial charge in [-0.15, -0.1) is 0 Å². The van der Waals surface area contributed by atoms with Crippen molar-refractivity contribution in [3.05, 3.63) is 35.9 Å². The molecule has 0 bridgehead atoms. The van der Waals surface area contributed by atoms with Crippen molar-refractivity contribution in [1.82, 2.24) is 42.5 Å². The maximum atomic E-state index is 13.1. The SMILES string of the molecule is CC(C)C[C@H](NC(=O)[C@H](C)NC(=O)[C@H](Cc1ccccc1)NC(=O)CN)C(=O)NCC(=O)NCC(=O)NCC(=O)N[C@H](C(=O)NCC(=O)O)C(C)C. The van der Waals surface area contributed by atoms with Gasteiger partial charge in [-0.3, -0.25) is 43.2 Å². The van der Waals surface area contributed by atoms with E-state index in [9.17, 15) is 43.2 Å². The molecule has 0 unspecified atom stereocenters. The maximum Gasteiger partial charge on any atom is 0.322 e. The predicted molar refractivity (Wildman–Crippen MR) is 187 cm³/mol. The Morgan fingerprint density at radius 1 is 0.596 bits per heavy atom. The first kappa shape index (κ1) is 44.4. The number of nitrogens with two attached hydrogens (primary N) is 1. The van der Waals surface area contributed by atoms with Gasteiger partial charge in [-0.1, -0.05) is 58.0 Å². The highest BCUT2D eigenvalue weighted by Gasteiger charge is 2.28. The Morgan fingerprint density at radius 2 is 1.15 bits per heavy atom. The van der Waals surface area contributed by atoms with Gasteiger partial charge >= 0.3 is 5.97 Å². The van der Waals surface area contributed by atoms with Crippen LogP contribution in [0.15, 0.2) is 30.3 Å². The van der Waals surface area contributed by atoms with Crippen LogP contribution in [0.5, 0.6) is 0 Å². The van der Waals surface area contributed by atoms with E-state index < -0.39 is 104 Å². The molecule has 19 nitrogen and oxygen atoms in total. The molecule has 288 valence electrons. The van der Waals surface area contributed by atoms with Gasteiger partial charge < -0.3 is 53.4 Å². The van der Waals surface area contributed by atoms with Crippen LogP contribution in [0.2, 0.25) is 0 Å². The van der Waals surface area contributed by atoms with Crippen molar-refractivity contribution in [2.75, 3.05) is 32.7 Å². The predicted octanol–water partition coefficient (Wildman–Crippen LogP) is -3.60. The van der Waals surface area contributed by atoms with Crippen LogP contribution in [0.4, 0.5) is 0 Å². The van der Waals surface area contributed by atoms with Gasteiger partial charge in [0.1, 0.15) is 30.7 Å². The molecule has 4 atom stereocenters. The topological polar surface area (TPSA) is 296 Å². The summed E-state index contributed by atoms with van der Waals surface area (Å²) < 4.78 is 0. The molecule has 0 heterocycles. The molecule has 0 aliphatic carbocycles. The molecule has 1 rings (SSSR count). The molecule has 0 spiro atoms. The number of carboxylic acid groups (broad SMARTS) is 1. The lowest BCUT2D eigenvalue weighted by Gasteiger charge is -2.24. The minimum absolute atomic E-state index is 0.0626. The van der Waals surface area contributed by atoms with E-state index in [0.717, 1.165) is 5.56 Å². The van der Waals surface area contributed by atoms with Gasteiger partial charge in [-0.05, 0) is 30.7 Å². The minimum atomic E-state index is -1.26. The van der Waals surface area contributed by atoms with Crippen LogP contribution in [0.25, 0.3) is 0 Å². The molecule has 0 aliphatic rings. The normalized spacial score (nSPS) is 13.0. The standard InChI is InChI=1S/C33H51N9O10/c1-18(2)11-22(41-30(49)20(5)39-32(51)23(40-24(43)13-34)12-21-9-7-6-8-10-21)31(50)37-15-26(45)35-14-25(44)36-16-27(46)42-29(19(3)4)33(52)38-17-28(47)48/h6-10,18-20,22-23,29H,11-17,34H2,1-5H3,(H,35,45)(H,36,44)(H,37,50)(H,38,52)(H,39,51)(H,40,43)(H,41,49)(H,42,46)(H,47,48)/t20-,22-,23-,29-/m0/s1. The number of amides is 8. The van der Waals surface area contributed by atoms with Gasteiger partial charge in [-0.2, -0.15) is 0 Å². The second-order valence-electron chi connectivity index (χ2n) is 12.6. The molecular weight excluding hydrogens is 682 g/mol. The van der Waals surface area contributed by atoms with E-state index in [1.807, 2.05) is 13.8 Å². The van der Waals surface area contributed by atoms with Gasteiger partial charge in [0.2, 0.25) is 47.3 Å². The average molecular weight is 734 g/mol. The second-order valence-corrected chi connectivity index (χ2v) is 12.6. The van der Waals surface area contributed by atoms with E-state index in [4.69, 9.17) is 10.8 Å². The Labute approximate surface area is 301 Å². The monoisotopic (exact) mass is 733 g/mol. The third-order valence-corrected chi connectivity index (χ3v) is 7.21. The molecule has 1 aromatic rings. The molecule has 8 amide bonds. The van der Waals surface area contributed by atoms with Crippen LogP contribution in [0.3, 0.4) is 0 Å². The Morgan fingerprint density at radius 3 is 1.69 bits per heavy atom. The fraction of sp³-hybridized carbons (Fsp3) is 0.545. The number of benzene rings is 1. The lowest BCUT2D eigenvalue weighted by molar-refractivity contribution is -0.138. The Kier molecular flexibility index (Phi) is 19.6. The summed E-state index contributed by atoms with van der Waals surface area (Å²) >= 11 is 0. The van der Waals surface area contributed by atoms with E-state index in [-0.39, 0.29) is 31.2 Å². The van der Waals surface area contributed by atoms with Crippen LogP contribution in [0, 0.1) is 11.8 Å². The van der Waals surface area contributed by atoms with Gasteiger partial charge in [0.05, 0.1) is 26.2 Å². The summed E-state index contributed by atoms with van der Waals surface area (Å²) in [6.07, 6.45) is 0.326. The van der Waals surface area contributed by atoms with E-state index in [2.05, 4.69) is 42.5 Å². The lowest BCUT2D eigenvalue weighted by atomic mass is 10.0. The maximum absolute atomic E-state index is 13.1. The number of carbonyl (C=O) groups is 9. The molecule has 11 N–H and O–H groups in total. The first-order valence-electron chi connectivity index (χ1n) is 16.7. The smallest absolute Gasteiger partial charge is 0.322 e. The average Bonchev–Trinajstić information content (AvgIpc) is 3.09. The zero-order chi connectivity index (χ0) is 39.4. The third-order valence-electron chi connectivity index (χ3n) is 7.21. The summed E-state index contributed by atoms with van der Waals surface area (Å²) in [5, 5.41) is 27.9. The van der Waals surface area contributed by atoms with Crippen LogP contribution in [-0.2, 0) is 49.6 Å². The molecule has 19 heteroatoms. The van der Waals surface area contributed by atoms with E-state index in [1.54, 1.807) is 44.2 Å². The van der Waals surface area contributed by atoms with Crippen molar-refractivity contribution in [3.8, 4) is 0 Å². The largest absolute Gasteiger partial charge is 0.480 e. The minimum Gasteiger partial charge on any atom is -0.480 e. The number of nitrogens with one attached hydrogen (secondary N) is 8. The number of carbonyl (C=O) groups excluding carboxylic acids is 8. The van der Waals surface area contributed by atoms with Crippen molar-refractivity contribution in [1.29, 1.82) is 0 Å². The first-order chi connectivity index (χ1) is 24.4. The van der Waals surface area contributed by atoms with Crippen molar-refractivity contribution >= 4 is 53.2 Å². The van der Waals surface area contributed by atoms with Crippen molar-refractivity contribution in [2.45, 2.75) is 71.6 Å². The number of hydrogen-bond donors (Lipinski definition) is 10. The molecule has 0 aliphatic heterocycles. The highest BCUT2D eigenvalue weighted by Crippen LogP contribution is 2.07. The summed E-state index contributed by atoms with van der Waals surface area (Å²) in [4.78, 5) is 111. The van der Waals surface area contributed by atoms with Gasteiger partial charge in [0, 0.05) is 6.42 Å². The fourth-order valence-corrected chi connectivity index (χ4v) is 4.50. The lowest BCUT2D eigenvalue weighted by Crippen LogP contribution is -2.57. The summed E-state index contributed by atoms with van der Waals surface area (Å²) in [6.45, 7) is 5.70. The summed E-state index contributed by atoms with van der Waals surface area (Å²) in [7, 11) is 0. The molecule has 0 aromatic heterocycles. The number of aliphatic carboxylic acids is 1. The van der Waals surface area contributed by atoms with Crippen LogP contribution in [0.1, 0.15) is 46.6 Å². The van der Waals surface area contributed by atoms with Gasteiger partial charge in [-0.25, -0.2) is 0 Å². The number of hydrogen-bond acceptors (Lipinski definition) is 10. The first-order valence-corrected chi connectivity index (χ1v) is 16.7. The molecule has 0 saturated carbocycles. The quantitative estimate of drug-likeness (QED) is 0.0555. The van der Waals surface area contributed by atoms with E-state index in [1.165, 1.54) is 6.92 Å². The van der Waals surface area contributed by atoms with E-state index >= 15 is 0 Å². The Hall–Kier alpha value is -5.59. The zero-order valence-electron chi connectivity index (χ0n) is 30.0. The zero-order valence-corrected chi connectivity index (χ0v) is 30.0. The van der Waals surface area contributed by atoms with E-state index in [0.29, 0.717) is 0 Å². The summed E-state index contributed by atoms with van der Waals surface area (Å²) in [6, 6.07) is 4.64. The van der Waals surface area contributed by atoms with Gasteiger partial charge in [0.15, 0.2) is 0 Å². The molecule has 0 fully saturated rings. The molecule has 52 heavy (non-hydrogen) atoms. The molecule has 0 saturated heterocycles. The molecular formula is C33H51N9O10. The van der Waals surface area contributed by atoms with Crippen LogP contribution >= 0.6 is 0 Å². The highest BCUT2D eigenvalue weighted by molar-refractivity contribution is 5.96. The Bertz CT molecular complexity index is 1420. The third kappa shape index (κ3) is 17.9. The Balaban J connectivity index is 2.64. The summed E-state index contributed by atoms with van der Waals surface area (Å²) in [5.74, 6) is -7.23. The summed E-state index contributed by atoms with van der Waals surface area (Å²) in [5.41, 5.74) is 6.16. The highest BCUT2D eigenvalue weighted by atomic mass is 16.4. The number of carboxylic acids is 1. The van der Waals surface area contributed by atoms with Crippen LogP contribution in [-0.4, -0.2) is 115 Å². The van der Waals surface area contributed by atoms with Crippen LogP contribution < -0.4 is 48.3 Å². The second kappa shape index (κ2) is 23.0. The number of rotatable bonds is 22. The molecule has 1 aromatic carbocycles. The van der Waals surface area contributed by atoms with Crippen molar-refractivity contribution in [2.24, 2.45) is 17.6 Å². The van der Waals surface area contributed by atoms with Crippen molar-refractivity contribution in [3.63, 3.8) is 0 Å². The molecule has 0 radical (unpaired) electrons. The fourth-order valence-electron chi connectivity index (χ4n) is 4.50. The van der Waals surface area contributed by atoms with Crippen molar-refractivity contribution < 1.29 is 48.3 Å². The van der Waals surface area contributed by atoms with Gasteiger partial charge in [0.25, 0.3) is 0 Å².